The standard InChI is InChI=1S/C57H103NO5/c1-4-7-10-13-16-19-22-25-27-29-31-34-37-40-43-46-49-55(60)54(52-59)58-56(61)51-53(48-45-42-39-36-33-24-21-18-15-12-9-6-3)63-57(62)50-47-44-41-38-35-32-30-28-26-23-20-17-14-11-8-5-2/h8,11,17,20,26,28,32,35,41,44,53-55,59-60H,4-7,9-10,12-16,18-19,21-25,27,29-31,33-34,36-40,42-43,45-52H2,1-3H3,(H,58,61)/b11-8+,20-17+,28-26+,35-32+,44-41+. The SMILES string of the molecule is CC/C=C/C/C=C/C/C=C/C/C=C/C/C=C/CCC(=O)OC(CCCCCCCCCCCCCC)CC(=O)NC(CO)C(O)CCCCCCCCCCCCCCCCCC. The zero-order chi connectivity index (χ0) is 45.9. The molecule has 1 amide bonds. The predicted octanol–water partition coefficient (Wildman–Crippen LogP) is 16.4. The van der Waals surface area contributed by atoms with Crippen molar-refractivity contribution in [3.8, 4) is 0 Å². The number of amides is 1. The number of ether oxygens (including phenoxy) is 1. The number of carbonyl (C=O) groups is 2. The number of esters is 1. The van der Waals surface area contributed by atoms with Crippen molar-refractivity contribution in [1.82, 2.24) is 5.32 Å². The topological polar surface area (TPSA) is 95.9 Å². The smallest absolute Gasteiger partial charge is 0.306 e. The molecule has 0 aliphatic carbocycles. The Balaban J connectivity index is 4.60. The molecule has 0 spiro atoms. The monoisotopic (exact) mass is 882 g/mol. The van der Waals surface area contributed by atoms with E-state index in [0.717, 1.165) is 70.6 Å². The van der Waals surface area contributed by atoms with Crippen LogP contribution < -0.4 is 5.32 Å². The number of allylic oxidation sites excluding steroid dienone is 10. The van der Waals surface area contributed by atoms with E-state index in [9.17, 15) is 19.8 Å². The second-order valence-corrected chi connectivity index (χ2v) is 18.3. The van der Waals surface area contributed by atoms with E-state index in [1.54, 1.807) is 0 Å². The summed E-state index contributed by atoms with van der Waals surface area (Å²) in [6.07, 6.45) is 62.9. The first kappa shape index (κ1) is 60.6. The van der Waals surface area contributed by atoms with Crippen molar-refractivity contribution in [3.05, 3.63) is 60.8 Å². The Morgan fingerprint density at radius 2 is 0.825 bits per heavy atom. The number of nitrogens with one attached hydrogen (secondary N) is 1. The first-order chi connectivity index (χ1) is 31.0. The third kappa shape index (κ3) is 45.9. The molecule has 0 bridgehead atoms. The van der Waals surface area contributed by atoms with Crippen molar-refractivity contribution < 1.29 is 24.5 Å². The van der Waals surface area contributed by atoms with E-state index in [0.29, 0.717) is 19.3 Å². The van der Waals surface area contributed by atoms with Crippen LogP contribution in [0.3, 0.4) is 0 Å². The maximum atomic E-state index is 13.2. The normalized spacial score (nSPS) is 13.7. The highest BCUT2D eigenvalue weighted by Crippen LogP contribution is 2.18. The van der Waals surface area contributed by atoms with Gasteiger partial charge < -0.3 is 20.3 Å². The molecule has 3 N–H and O–H groups in total. The fourth-order valence-corrected chi connectivity index (χ4v) is 8.07. The average molecular weight is 882 g/mol. The Bertz CT molecular complexity index is 1130. The molecule has 63 heavy (non-hydrogen) atoms. The van der Waals surface area contributed by atoms with Crippen molar-refractivity contribution in [2.75, 3.05) is 6.61 Å². The highest BCUT2D eigenvalue weighted by Gasteiger charge is 2.24. The van der Waals surface area contributed by atoms with Gasteiger partial charge in [0.2, 0.25) is 5.91 Å². The van der Waals surface area contributed by atoms with Crippen LogP contribution in [0.1, 0.15) is 265 Å². The Labute approximate surface area is 390 Å². The van der Waals surface area contributed by atoms with Crippen LogP contribution in [0.15, 0.2) is 60.8 Å². The summed E-state index contributed by atoms with van der Waals surface area (Å²) in [7, 11) is 0. The lowest BCUT2D eigenvalue weighted by molar-refractivity contribution is -0.150. The van der Waals surface area contributed by atoms with Gasteiger partial charge in [0.15, 0.2) is 0 Å². The van der Waals surface area contributed by atoms with Crippen LogP contribution in [0.5, 0.6) is 0 Å². The van der Waals surface area contributed by atoms with Gasteiger partial charge in [0.25, 0.3) is 0 Å². The molecule has 0 rings (SSSR count). The van der Waals surface area contributed by atoms with Gasteiger partial charge in [0.05, 0.1) is 25.2 Å². The molecular formula is C57H103NO5. The molecule has 6 heteroatoms. The highest BCUT2D eigenvalue weighted by molar-refractivity contribution is 5.77. The third-order valence-corrected chi connectivity index (χ3v) is 12.1. The van der Waals surface area contributed by atoms with Crippen molar-refractivity contribution >= 4 is 11.9 Å². The maximum Gasteiger partial charge on any atom is 0.306 e. The Kier molecular flexibility index (Phi) is 48.6. The van der Waals surface area contributed by atoms with Gasteiger partial charge >= 0.3 is 5.97 Å². The molecule has 0 saturated carbocycles. The van der Waals surface area contributed by atoms with E-state index in [1.807, 2.05) is 6.08 Å². The number of hydrogen-bond acceptors (Lipinski definition) is 5. The summed E-state index contributed by atoms with van der Waals surface area (Å²) in [5, 5.41) is 23.8. The molecule has 0 aromatic rings. The minimum absolute atomic E-state index is 0.0493. The van der Waals surface area contributed by atoms with E-state index >= 15 is 0 Å². The molecule has 0 aliphatic rings. The minimum atomic E-state index is -0.800. The van der Waals surface area contributed by atoms with Crippen LogP contribution in [0.4, 0.5) is 0 Å². The summed E-state index contributed by atoms with van der Waals surface area (Å²) in [5.41, 5.74) is 0. The Morgan fingerprint density at radius 3 is 1.21 bits per heavy atom. The molecular weight excluding hydrogens is 779 g/mol. The molecule has 0 aliphatic heterocycles. The van der Waals surface area contributed by atoms with Crippen LogP contribution in [0.2, 0.25) is 0 Å². The first-order valence-corrected chi connectivity index (χ1v) is 27.0. The lowest BCUT2D eigenvalue weighted by Gasteiger charge is -2.24. The van der Waals surface area contributed by atoms with E-state index < -0.39 is 18.2 Å². The number of rotatable bonds is 48. The summed E-state index contributed by atoms with van der Waals surface area (Å²) in [6, 6.07) is -0.716. The van der Waals surface area contributed by atoms with E-state index in [2.05, 4.69) is 80.8 Å². The molecule has 6 nitrogen and oxygen atoms in total. The minimum Gasteiger partial charge on any atom is -0.462 e. The van der Waals surface area contributed by atoms with Crippen LogP contribution in [-0.2, 0) is 14.3 Å². The van der Waals surface area contributed by atoms with Gasteiger partial charge in [-0.15, -0.1) is 0 Å². The summed E-state index contributed by atoms with van der Waals surface area (Å²) < 4.78 is 5.90. The van der Waals surface area contributed by atoms with Crippen molar-refractivity contribution in [3.63, 3.8) is 0 Å². The zero-order valence-corrected chi connectivity index (χ0v) is 41.7. The number of unbranched alkanes of at least 4 members (excludes halogenated alkanes) is 26. The summed E-state index contributed by atoms with van der Waals surface area (Å²) >= 11 is 0. The molecule has 0 radical (unpaired) electrons. The Hall–Kier alpha value is -2.44. The summed E-state index contributed by atoms with van der Waals surface area (Å²) in [4.78, 5) is 26.1. The lowest BCUT2D eigenvalue weighted by atomic mass is 10.0. The highest BCUT2D eigenvalue weighted by atomic mass is 16.5. The van der Waals surface area contributed by atoms with Crippen molar-refractivity contribution in [2.24, 2.45) is 0 Å². The molecule has 3 atom stereocenters. The van der Waals surface area contributed by atoms with Gasteiger partial charge in [-0.3, -0.25) is 9.59 Å². The predicted molar refractivity (Wildman–Crippen MR) is 273 cm³/mol. The first-order valence-electron chi connectivity index (χ1n) is 27.0. The Morgan fingerprint density at radius 1 is 0.476 bits per heavy atom. The second kappa shape index (κ2) is 50.6. The van der Waals surface area contributed by atoms with Gasteiger partial charge in [-0.1, -0.05) is 255 Å². The number of aliphatic hydroxyl groups is 2. The van der Waals surface area contributed by atoms with Gasteiger partial charge in [0.1, 0.15) is 6.10 Å². The van der Waals surface area contributed by atoms with Gasteiger partial charge in [-0.05, 0) is 57.8 Å². The molecule has 366 valence electrons. The third-order valence-electron chi connectivity index (χ3n) is 12.1. The fourth-order valence-electron chi connectivity index (χ4n) is 8.07. The van der Waals surface area contributed by atoms with Gasteiger partial charge in [0, 0.05) is 6.42 Å². The van der Waals surface area contributed by atoms with E-state index in [4.69, 9.17) is 4.74 Å². The number of hydrogen-bond donors (Lipinski definition) is 3. The maximum absolute atomic E-state index is 13.2. The molecule has 3 unspecified atom stereocenters. The summed E-state index contributed by atoms with van der Waals surface area (Å²) in [5.74, 6) is -0.565. The van der Waals surface area contributed by atoms with Crippen molar-refractivity contribution in [1.29, 1.82) is 0 Å². The molecule has 0 aromatic carbocycles. The van der Waals surface area contributed by atoms with Crippen LogP contribution in [0.25, 0.3) is 0 Å². The lowest BCUT2D eigenvalue weighted by Crippen LogP contribution is -2.46. The van der Waals surface area contributed by atoms with Crippen LogP contribution in [0, 0.1) is 0 Å². The molecule has 0 heterocycles. The molecule has 0 fully saturated rings. The second-order valence-electron chi connectivity index (χ2n) is 18.3. The average Bonchev–Trinajstić information content (AvgIpc) is 3.28. The largest absolute Gasteiger partial charge is 0.462 e. The van der Waals surface area contributed by atoms with E-state index in [1.165, 1.54) is 141 Å². The quantitative estimate of drug-likeness (QED) is 0.0321. The van der Waals surface area contributed by atoms with Crippen LogP contribution >= 0.6 is 0 Å². The molecule has 0 saturated heterocycles. The summed E-state index contributed by atoms with van der Waals surface area (Å²) in [6.45, 7) is 6.37. The molecule has 0 aromatic heterocycles. The number of carbonyl (C=O) groups excluding carboxylic acids is 2. The van der Waals surface area contributed by atoms with Crippen molar-refractivity contribution in [2.45, 2.75) is 283 Å². The van der Waals surface area contributed by atoms with Crippen LogP contribution in [-0.4, -0.2) is 46.9 Å². The van der Waals surface area contributed by atoms with Gasteiger partial charge in [-0.2, -0.15) is 0 Å². The van der Waals surface area contributed by atoms with Gasteiger partial charge in [-0.25, -0.2) is 0 Å². The van der Waals surface area contributed by atoms with E-state index in [-0.39, 0.29) is 31.3 Å². The zero-order valence-electron chi connectivity index (χ0n) is 41.7. The fraction of sp³-hybridized carbons (Fsp3) is 0.789. The number of aliphatic hydroxyl groups excluding tert-OH is 2.